The van der Waals surface area contributed by atoms with E-state index in [9.17, 15) is 0 Å². The molecule has 0 radical (unpaired) electrons. The van der Waals surface area contributed by atoms with Gasteiger partial charge in [-0.25, -0.2) is 0 Å². The Bertz CT molecular complexity index is 428. The van der Waals surface area contributed by atoms with E-state index >= 15 is 0 Å². The fraction of sp³-hybridized carbons (Fsp3) is 0.600. The van der Waals surface area contributed by atoms with Crippen LogP contribution in [0.25, 0.3) is 0 Å². The second-order valence-corrected chi connectivity index (χ2v) is 5.58. The number of nitrogens with one attached hydrogen (secondary N) is 1. The summed E-state index contributed by atoms with van der Waals surface area (Å²) in [6, 6.07) is 8.97. The van der Waals surface area contributed by atoms with Crippen molar-refractivity contribution in [2.24, 2.45) is 0 Å². The van der Waals surface area contributed by atoms with Crippen LogP contribution in [0.1, 0.15) is 5.56 Å². The number of hydrogen-bond donors (Lipinski definition) is 1. The molecule has 1 aromatic carbocycles. The minimum absolute atomic E-state index is 0.133. The van der Waals surface area contributed by atoms with Gasteiger partial charge in [0.2, 0.25) is 0 Å². The molecule has 4 heteroatoms. The number of methoxy groups -OCH3 is 1. The molecule has 0 amide bonds. The van der Waals surface area contributed by atoms with Crippen LogP contribution in [-0.4, -0.2) is 57.9 Å². The lowest BCUT2D eigenvalue weighted by Gasteiger charge is -2.52. The highest BCUT2D eigenvalue weighted by Crippen LogP contribution is 2.38. The molecule has 1 N–H and O–H groups in total. The molecule has 0 spiro atoms. The highest BCUT2D eigenvalue weighted by atomic mass is 16.5. The van der Waals surface area contributed by atoms with Crippen LogP contribution in [0.3, 0.4) is 0 Å². The monoisotopic (exact) mass is 262 g/mol. The summed E-state index contributed by atoms with van der Waals surface area (Å²) in [6.45, 7) is 4.84. The van der Waals surface area contributed by atoms with Gasteiger partial charge in [-0.05, 0) is 24.7 Å². The molecular weight excluding hydrogens is 240 g/mol. The predicted molar refractivity (Wildman–Crippen MR) is 74.8 cm³/mol. The summed E-state index contributed by atoms with van der Waals surface area (Å²) in [7, 11) is 3.92. The topological polar surface area (TPSA) is 33.7 Å². The zero-order chi connectivity index (χ0) is 13.3. The van der Waals surface area contributed by atoms with Gasteiger partial charge >= 0.3 is 0 Å². The first kappa shape index (κ1) is 12.9. The van der Waals surface area contributed by atoms with Crippen molar-refractivity contribution < 1.29 is 9.47 Å². The molecule has 2 saturated heterocycles. The Morgan fingerprint density at radius 3 is 2.58 bits per heavy atom. The van der Waals surface area contributed by atoms with Gasteiger partial charge in [-0.15, -0.1) is 0 Å². The molecule has 0 aliphatic carbocycles. The molecule has 1 unspecified atom stereocenters. The minimum Gasteiger partial charge on any atom is -0.497 e. The number of piperazine rings is 1. The fourth-order valence-electron chi connectivity index (χ4n) is 3.22. The molecule has 0 saturated carbocycles. The number of likely N-dealkylation sites (N-methyl/N-ethyl adjacent to an activating group) is 1. The molecule has 0 aromatic heterocycles. The van der Waals surface area contributed by atoms with Crippen LogP contribution in [0.5, 0.6) is 5.75 Å². The van der Waals surface area contributed by atoms with E-state index in [1.54, 1.807) is 7.11 Å². The lowest BCUT2D eigenvalue weighted by Crippen LogP contribution is -2.66. The summed E-state index contributed by atoms with van der Waals surface area (Å²) in [5.74, 6) is 0.911. The van der Waals surface area contributed by atoms with E-state index in [1.807, 2.05) is 12.1 Å². The minimum atomic E-state index is 0.133. The van der Waals surface area contributed by atoms with Gasteiger partial charge in [0, 0.05) is 25.7 Å². The Balaban J connectivity index is 1.88. The van der Waals surface area contributed by atoms with Crippen LogP contribution in [-0.2, 0) is 10.2 Å². The zero-order valence-electron chi connectivity index (χ0n) is 11.7. The number of rotatable bonds is 3. The van der Waals surface area contributed by atoms with Crippen molar-refractivity contribution in [3.8, 4) is 5.75 Å². The van der Waals surface area contributed by atoms with E-state index < -0.39 is 0 Å². The molecule has 4 nitrogen and oxygen atoms in total. The number of nitrogens with zero attached hydrogens (tertiary/aromatic N) is 1. The number of hydrogen-bond acceptors (Lipinski definition) is 4. The molecule has 2 heterocycles. The van der Waals surface area contributed by atoms with E-state index in [0.717, 1.165) is 38.6 Å². The molecule has 3 rings (SSSR count). The van der Waals surface area contributed by atoms with Gasteiger partial charge in [0.15, 0.2) is 0 Å². The second kappa shape index (κ2) is 5.12. The molecule has 0 bridgehead atoms. The Morgan fingerprint density at radius 2 is 2.05 bits per heavy atom. The highest BCUT2D eigenvalue weighted by Gasteiger charge is 2.49. The Hall–Kier alpha value is -1.10. The molecule has 2 aliphatic rings. The Morgan fingerprint density at radius 1 is 1.32 bits per heavy atom. The van der Waals surface area contributed by atoms with Crippen LogP contribution in [0.4, 0.5) is 0 Å². The maximum Gasteiger partial charge on any atom is 0.118 e. The average molecular weight is 262 g/mol. The van der Waals surface area contributed by atoms with Gasteiger partial charge in [0.25, 0.3) is 0 Å². The number of ether oxygens (including phenoxy) is 2. The third-order valence-corrected chi connectivity index (χ3v) is 4.53. The predicted octanol–water partition coefficient (Wildman–Crippen LogP) is 0.867. The van der Waals surface area contributed by atoms with Gasteiger partial charge in [-0.1, -0.05) is 12.1 Å². The SMILES string of the molecule is COc1ccc(C2(C3CNCCN3C)COC2)cc1. The van der Waals surface area contributed by atoms with Gasteiger partial charge in [0.1, 0.15) is 5.75 Å². The third kappa shape index (κ3) is 2.14. The second-order valence-electron chi connectivity index (χ2n) is 5.58. The van der Waals surface area contributed by atoms with Crippen molar-refractivity contribution in [2.75, 3.05) is 47.0 Å². The van der Waals surface area contributed by atoms with Crippen molar-refractivity contribution >= 4 is 0 Å². The summed E-state index contributed by atoms with van der Waals surface area (Å²) in [6.07, 6.45) is 0. The van der Waals surface area contributed by atoms with Crippen LogP contribution < -0.4 is 10.1 Å². The van der Waals surface area contributed by atoms with Gasteiger partial charge in [-0.2, -0.15) is 0 Å². The first-order chi connectivity index (χ1) is 9.26. The summed E-state index contributed by atoms with van der Waals surface area (Å²) in [4.78, 5) is 2.46. The van der Waals surface area contributed by atoms with Crippen LogP contribution >= 0.6 is 0 Å². The quantitative estimate of drug-likeness (QED) is 0.876. The molecule has 2 aliphatic heterocycles. The van der Waals surface area contributed by atoms with Crippen molar-refractivity contribution in [3.05, 3.63) is 29.8 Å². The van der Waals surface area contributed by atoms with Crippen molar-refractivity contribution in [1.82, 2.24) is 10.2 Å². The first-order valence-electron chi connectivity index (χ1n) is 6.89. The van der Waals surface area contributed by atoms with E-state index in [2.05, 4.69) is 29.4 Å². The summed E-state index contributed by atoms with van der Waals surface area (Å²) in [5, 5.41) is 3.51. The number of benzene rings is 1. The standard InChI is InChI=1S/C15H22N2O2/c1-17-8-7-16-9-14(17)15(10-19-11-15)12-3-5-13(18-2)6-4-12/h3-6,14,16H,7-11H2,1-2H3. The molecule has 19 heavy (non-hydrogen) atoms. The van der Waals surface area contributed by atoms with Crippen LogP contribution in [0, 0.1) is 0 Å². The third-order valence-electron chi connectivity index (χ3n) is 4.53. The maximum atomic E-state index is 5.57. The Kier molecular flexibility index (Phi) is 3.48. The molecule has 104 valence electrons. The summed E-state index contributed by atoms with van der Waals surface area (Å²) < 4.78 is 10.8. The largest absolute Gasteiger partial charge is 0.497 e. The molecular formula is C15H22N2O2. The van der Waals surface area contributed by atoms with Crippen molar-refractivity contribution in [2.45, 2.75) is 11.5 Å². The Labute approximate surface area is 114 Å². The summed E-state index contributed by atoms with van der Waals surface area (Å²) >= 11 is 0. The first-order valence-corrected chi connectivity index (χ1v) is 6.89. The van der Waals surface area contributed by atoms with Crippen molar-refractivity contribution in [1.29, 1.82) is 0 Å². The van der Waals surface area contributed by atoms with E-state index in [4.69, 9.17) is 9.47 Å². The van der Waals surface area contributed by atoms with E-state index in [1.165, 1.54) is 5.56 Å². The smallest absolute Gasteiger partial charge is 0.118 e. The molecule has 2 fully saturated rings. The normalized spacial score (nSPS) is 26.7. The van der Waals surface area contributed by atoms with Gasteiger partial charge < -0.3 is 14.8 Å². The zero-order valence-corrected chi connectivity index (χ0v) is 11.7. The van der Waals surface area contributed by atoms with Gasteiger partial charge in [0.05, 0.1) is 25.7 Å². The fourth-order valence-corrected chi connectivity index (χ4v) is 3.22. The lowest BCUT2D eigenvalue weighted by molar-refractivity contribution is -0.103. The van der Waals surface area contributed by atoms with Crippen molar-refractivity contribution in [3.63, 3.8) is 0 Å². The van der Waals surface area contributed by atoms with Crippen LogP contribution in [0.2, 0.25) is 0 Å². The maximum absolute atomic E-state index is 5.57. The van der Waals surface area contributed by atoms with Gasteiger partial charge in [-0.3, -0.25) is 4.90 Å². The van der Waals surface area contributed by atoms with E-state index in [-0.39, 0.29) is 5.41 Å². The molecule has 1 aromatic rings. The average Bonchev–Trinajstić information content (AvgIpc) is 2.40. The lowest BCUT2D eigenvalue weighted by atomic mass is 9.71. The van der Waals surface area contributed by atoms with Crippen LogP contribution in [0.15, 0.2) is 24.3 Å². The highest BCUT2D eigenvalue weighted by molar-refractivity contribution is 5.36. The molecule has 1 atom stereocenters. The van der Waals surface area contributed by atoms with E-state index in [0.29, 0.717) is 6.04 Å². The summed E-state index contributed by atoms with van der Waals surface area (Å²) in [5.41, 5.74) is 1.49.